The number of hydrogen-bond acceptors (Lipinski definition) is 2. The molecule has 0 bridgehead atoms. The molecule has 0 amide bonds. The zero-order chi connectivity index (χ0) is 59.3. The average Bonchev–Trinajstić information content (AvgIpc) is 3.43. The van der Waals surface area contributed by atoms with E-state index in [1.807, 2.05) is 43.6 Å². The van der Waals surface area contributed by atoms with Crippen LogP contribution in [0.2, 0.25) is 0 Å². The lowest BCUT2D eigenvalue weighted by Crippen LogP contribution is -2.75. The van der Waals surface area contributed by atoms with Gasteiger partial charge in [0.15, 0.2) is 12.7 Å². The molecule has 422 valence electrons. The van der Waals surface area contributed by atoms with Crippen LogP contribution < -0.4 is 31.2 Å². The molecule has 0 atom stereocenters. The van der Waals surface area contributed by atoms with E-state index in [0.29, 0.717) is 5.88 Å². The number of halogens is 24. The summed E-state index contributed by atoms with van der Waals surface area (Å²) >= 11 is 0. The lowest BCUT2D eigenvalue weighted by Gasteiger charge is -2.46. The third-order valence-electron chi connectivity index (χ3n) is 11.9. The number of aromatic nitrogens is 2. The number of aryl methyl sites for hydroxylation is 2. The molecule has 0 unspecified atom stereocenters. The maximum absolute atomic E-state index is 14.2. The zero-order valence-electron chi connectivity index (χ0n) is 39.4. The Hall–Kier alpha value is -7.42. The second-order valence-corrected chi connectivity index (χ2v) is 17.6. The van der Waals surface area contributed by atoms with Crippen LogP contribution in [0.1, 0.15) is 61.2 Å². The summed E-state index contributed by atoms with van der Waals surface area (Å²) in [5, 5.41) is 0. The van der Waals surface area contributed by atoms with Crippen molar-refractivity contribution in [1.29, 1.82) is 0 Å². The van der Waals surface area contributed by atoms with Gasteiger partial charge in [0.05, 0.1) is 50.7 Å². The van der Waals surface area contributed by atoms with Crippen molar-refractivity contribution in [1.82, 2.24) is 4.98 Å². The Morgan fingerprint density at radius 2 is 0.696 bits per heavy atom. The Morgan fingerprint density at radius 1 is 0.392 bits per heavy atom. The number of benzene rings is 6. The van der Waals surface area contributed by atoms with Gasteiger partial charge in [-0.25, -0.2) is 4.98 Å². The fourth-order valence-corrected chi connectivity index (χ4v) is 8.36. The van der Waals surface area contributed by atoms with Crippen LogP contribution in [0.25, 0.3) is 0 Å². The van der Waals surface area contributed by atoms with Crippen molar-refractivity contribution in [2.75, 3.05) is 0 Å². The van der Waals surface area contributed by atoms with Gasteiger partial charge < -0.3 is 4.74 Å². The van der Waals surface area contributed by atoms with Gasteiger partial charge >= 0.3 is 49.4 Å². The summed E-state index contributed by atoms with van der Waals surface area (Å²) in [5.41, 5.74) is -26.7. The van der Waals surface area contributed by atoms with E-state index in [0.717, 1.165) is 17.9 Å². The minimum atomic E-state index is -6.13. The third kappa shape index (κ3) is 14.4. The van der Waals surface area contributed by atoms with E-state index in [1.165, 1.54) is 11.1 Å². The van der Waals surface area contributed by atoms with E-state index in [-0.39, 0.29) is 0 Å². The number of rotatable bonds is 8. The highest BCUT2D eigenvalue weighted by Gasteiger charge is 2.47. The van der Waals surface area contributed by atoms with Crippen molar-refractivity contribution in [3.05, 3.63) is 201 Å². The number of hydrogen-bond donors (Lipinski definition) is 0. The van der Waals surface area contributed by atoms with E-state index in [4.69, 9.17) is 4.74 Å². The van der Waals surface area contributed by atoms with Crippen molar-refractivity contribution in [3.63, 3.8) is 0 Å². The van der Waals surface area contributed by atoms with E-state index < -0.39 is 195 Å². The summed E-state index contributed by atoms with van der Waals surface area (Å²) in [7, 11) is 0. The number of alkyl halides is 24. The van der Waals surface area contributed by atoms with Gasteiger partial charge in [-0.2, -0.15) is 132 Å². The summed E-state index contributed by atoms with van der Waals surface area (Å²) in [6.45, 7) is 4.89. The summed E-state index contributed by atoms with van der Waals surface area (Å²) in [4.78, 5) is 4.30. The molecule has 0 aliphatic rings. The molecule has 0 fully saturated rings. The molecule has 28 heteroatoms. The molecule has 3 nitrogen and oxygen atoms in total. The first-order valence-corrected chi connectivity index (χ1v) is 22.0. The molecule has 1 heterocycles. The van der Waals surface area contributed by atoms with Crippen LogP contribution in [0.3, 0.4) is 0 Å². The lowest BCUT2D eigenvalue weighted by atomic mass is 9.12. The van der Waals surface area contributed by atoms with Gasteiger partial charge in [-0.3, -0.25) is 0 Å². The molecule has 0 saturated heterocycles. The van der Waals surface area contributed by atoms with Crippen LogP contribution in [0.4, 0.5) is 105 Å². The molecule has 6 aromatic carbocycles. The first-order chi connectivity index (χ1) is 36.0. The highest BCUT2D eigenvalue weighted by Crippen LogP contribution is 2.41. The van der Waals surface area contributed by atoms with Gasteiger partial charge in [0.2, 0.25) is 6.20 Å². The normalized spacial score (nSPS) is 13.2. The largest absolute Gasteiger partial charge is 0.434 e. The highest BCUT2D eigenvalue weighted by atomic mass is 19.4. The minimum Gasteiger partial charge on any atom is -0.434 e. The van der Waals surface area contributed by atoms with Gasteiger partial charge in [-0.15, -0.1) is 0 Å². The van der Waals surface area contributed by atoms with E-state index in [9.17, 15) is 105 Å². The maximum atomic E-state index is 14.2. The van der Waals surface area contributed by atoms with Crippen LogP contribution in [0, 0.1) is 13.8 Å². The number of ether oxygens (including phenoxy) is 1. The predicted molar refractivity (Wildman–Crippen MR) is 236 cm³/mol. The standard InChI is InChI=1S/C32H12BF24.C19H19N2O/c34-25(35,36)13-1-14(26(37,38)39)6-21(5-13)33(22-7-15(27(40,41)42)2-16(8-22)28(43,44)45,23-9-17(29(46,47)48)3-18(10-23)30(49,50)51)24-11-19(31(52,53)54)4-20(12-24)32(55,56)57;1-15-8-9-16(2)18(12-15)22-19-14-21(11-10-20-19)13-17-6-4-3-5-7-17/h1-12H;3-12,14H,13H2,1-2H3/q-1;+1. The fraction of sp³-hybridized carbons (Fsp3) is 0.216. The second kappa shape index (κ2) is 21.3. The van der Waals surface area contributed by atoms with Gasteiger partial charge in [0.1, 0.15) is 11.9 Å². The molecular weight excluding hydrogens is 1120 g/mol. The topological polar surface area (TPSA) is 26.0 Å². The molecule has 1 aromatic heterocycles. The van der Waals surface area contributed by atoms with Crippen LogP contribution in [0.15, 0.2) is 140 Å². The molecule has 0 saturated carbocycles. The lowest BCUT2D eigenvalue weighted by molar-refractivity contribution is -0.689. The Labute approximate surface area is 429 Å². The Kier molecular flexibility index (Phi) is 16.4. The predicted octanol–water partition coefficient (Wildman–Crippen LogP) is 15.0. The first-order valence-electron chi connectivity index (χ1n) is 22.0. The van der Waals surface area contributed by atoms with Crippen LogP contribution in [0.5, 0.6) is 11.6 Å². The molecule has 79 heavy (non-hydrogen) atoms. The van der Waals surface area contributed by atoms with Crippen molar-refractivity contribution in [3.8, 4) is 11.6 Å². The van der Waals surface area contributed by atoms with Crippen LogP contribution >= 0.6 is 0 Å². The monoisotopic (exact) mass is 1150 g/mol. The van der Waals surface area contributed by atoms with Crippen molar-refractivity contribution >= 4 is 28.0 Å². The van der Waals surface area contributed by atoms with Gasteiger partial charge in [0.25, 0.3) is 5.88 Å². The van der Waals surface area contributed by atoms with Gasteiger partial charge in [0, 0.05) is 5.56 Å². The quantitative estimate of drug-likeness (QED) is 0.0861. The molecule has 0 spiro atoms. The van der Waals surface area contributed by atoms with Gasteiger partial charge in [-0.1, -0.05) is 91.0 Å². The SMILES string of the molecule is Cc1ccc(C)c(Oc2c[n+](Cc3ccccc3)ccn2)c1.FC(F)(F)c1cc([B-](c2cc(C(F)(F)F)cc(C(F)(F)F)c2)(c2cc(C(F)(F)F)cc(C(F)(F)F)c2)c2cc(C(F)(F)F)cc(C(F)(F)F)c2)cc(C(F)(F)F)c1. The Bertz CT molecular complexity index is 2880. The van der Waals surface area contributed by atoms with E-state index >= 15 is 0 Å². The molecular formula is C51H31BF24N2O. The molecule has 7 rings (SSSR count). The second-order valence-electron chi connectivity index (χ2n) is 17.6. The van der Waals surface area contributed by atoms with Crippen molar-refractivity contribution < 1.29 is 115 Å². The molecule has 0 aliphatic carbocycles. The fourth-order valence-electron chi connectivity index (χ4n) is 8.36. The molecule has 0 N–H and O–H groups in total. The molecule has 0 aliphatic heterocycles. The summed E-state index contributed by atoms with van der Waals surface area (Å²) in [5.74, 6) is 1.46. The maximum Gasteiger partial charge on any atom is 0.416 e. The highest BCUT2D eigenvalue weighted by molar-refractivity contribution is 7.20. The Morgan fingerprint density at radius 3 is 0.987 bits per heavy atom. The minimum absolute atomic E-state index is 0.604. The van der Waals surface area contributed by atoms with Crippen LogP contribution in [-0.4, -0.2) is 11.1 Å². The van der Waals surface area contributed by atoms with Crippen molar-refractivity contribution in [2.24, 2.45) is 0 Å². The van der Waals surface area contributed by atoms with Crippen molar-refractivity contribution in [2.45, 2.75) is 69.8 Å². The summed E-state index contributed by atoms with van der Waals surface area (Å²) in [6.07, 6.45) is -49.2. The summed E-state index contributed by atoms with van der Waals surface area (Å²) in [6, 6.07) is 7.70. The van der Waals surface area contributed by atoms with Gasteiger partial charge in [-0.05, 0) is 55.3 Å². The van der Waals surface area contributed by atoms with Crippen LogP contribution in [-0.2, 0) is 56.0 Å². The molecule has 0 radical (unpaired) electrons. The van der Waals surface area contributed by atoms with E-state index in [1.54, 1.807) is 6.20 Å². The third-order valence-corrected chi connectivity index (χ3v) is 11.9. The summed E-state index contributed by atoms with van der Waals surface area (Å²) < 4.78 is 349. The first kappa shape index (κ1) is 60.8. The number of nitrogens with zero attached hydrogens (tertiary/aromatic N) is 2. The molecule has 7 aromatic rings. The smallest absolute Gasteiger partial charge is 0.416 e. The zero-order valence-corrected chi connectivity index (χ0v) is 39.4. The Balaban J connectivity index is 0.000000378. The average molecular weight is 1150 g/mol. The van der Waals surface area contributed by atoms with E-state index in [2.05, 4.69) is 40.7 Å².